The molecule has 1 heterocycles. The Morgan fingerprint density at radius 1 is 1.43 bits per heavy atom. The Hall–Kier alpha value is -1.35. The Bertz CT molecular complexity index is 505. The first-order valence-electron chi connectivity index (χ1n) is 6.85. The maximum absolute atomic E-state index is 11.9. The number of aliphatic carboxylic acids is 1. The molecular formula is C12H23N3O5S. The molecule has 0 aromatic carbocycles. The van der Waals surface area contributed by atoms with Crippen molar-refractivity contribution in [1.29, 1.82) is 0 Å². The zero-order chi connectivity index (χ0) is 16.3. The van der Waals surface area contributed by atoms with Crippen molar-refractivity contribution in [2.24, 2.45) is 16.5 Å². The minimum atomic E-state index is -3.52. The number of rotatable bonds is 6. The number of carboxylic acid groups (broad SMARTS) is 1. The third kappa shape index (κ3) is 4.57. The molecule has 8 nitrogen and oxygen atoms in total. The van der Waals surface area contributed by atoms with Gasteiger partial charge in [-0.3, -0.25) is 4.79 Å². The highest BCUT2D eigenvalue weighted by Crippen LogP contribution is 2.38. The number of carboxylic acids is 1. The molecule has 1 aliphatic rings. The molecule has 1 unspecified atom stereocenters. The van der Waals surface area contributed by atoms with Gasteiger partial charge >= 0.3 is 12.0 Å². The lowest BCUT2D eigenvalue weighted by Gasteiger charge is -2.28. The molecule has 9 heteroatoms. The monoisotopic (exact) mass is 321 g/mol. The zero-order valence-corrected chi connectivity index (χ0v) is 13.1. The molecule has 0 bridgehead atoms. The molecule has 1 aliphatic heterocycles. The Kier molecular flexibility index (Phi) is 5.57. The maximum atomic E-state index is 11.9. The van der Waals surface area contributed by atoms with Crippen LogP contribution in [0.4, 0.5) is 4.79 Å². The summed E-state index contributed by atoms with van der Waals surface area (Å²) < 4.78 is 21.5. The van der Waals surface area contributed by atoms with Crippen molar-refractivity contribution >= 4 is 22.0 Å². The summed E-state index contributed by atoms with van der Waals surface area (Å²) in [6.07, 6.45) is 0.650. The molecular weight excluding hydrogens is 298 g/mol. The molecule has 1 atom stereocenters. The number of amides is 2. The van der Waals surface area contributed by atoms with Crippen molar-refractivity contribution in [2.45, 2.75) is 26.7 Å². The summed E-state index contributed by atoms with van der Waals surface area (Å²) in [6.45, 7) is 4.41. The van der Waals surface area contributed by atoms with E-state index in [1.54, 1.807) is 0 Å². The van der Waals surface area contributed by atoms with Gasteiger partial charge in [-0.15, -0.1) is 0 Å². The van der Waals surface area contributed by atoms with Crippen LogP contribution < -0.4 is 10.5 Å². The van der Waals surface area contributed by atoms with Gasteiger partial charge in [-0.2, -0.15) is 0 Å². The number of nitrogens with two attached hydrogens (primary N) is 1. The zero-order valence-electron chi connectivity index (χ0n) is 12.3. The molecule has 1 rings (SSSR count). The molecule has 1 fully saturated rings. The molecule has 0 aliphatic carbocycles. The van der Waals surface area contributed by atoms with Gasteiger partial charge in [-0.05, 0) is 18.8 Å². The summed E-state index contributed by atoms with van der Waals surface area (Å²) in [5.41, 5.74) is -0.905. The van der Waals surface area contributed by atoms with E-state index in [4.69, 9.17) is 5.14 Å². The van der Waals surface area contributed by atoms with Gasteiger partial charge in [0.25, 0.3) is 0 Å². The number of likely N-dealkylation sites (tertiary alicyclic amines) is 1. The summed E-state index contributed by atoms with van der Waals surface area (Å²) in [5, 5.41) is 16.8. The lowest BCUT2D eigenvalue weighted by Crippen LogP contribution is -2.44. The van der Waals surface area contributed by atoms with E-state index in [0.717, 1.165) is 0 Å². The summed E-state index contributed by atoms with van der Waals surface area (Å²) in [5.74, 6) is -1.16. The van der Waals surface area contributed by atoms with Crippen LogP contribution in [0.15, 0.2) is 0 Å². The molecule has 0 saturated carbocycles. The van der Waals surface area contributed by atoms with Crippen molar-refractivity contribution in [3.8, 4) is 0 Å². The number of hydrogen-bond acceptors (Lipinski definition) is 4. The van der Waals surface area contributed by atoms with E-state index in [-0.39, 0.29) is 37.2 Å². The second kappa shape index (κ2) is 6.61. The van der Waals surface area contributed by atoms with Crippen LogP contribution in [-0.2, 0) is 14.8 Å². The average molecular weight is 321 g/mol. The smallest absolute Gasteiger partial charge is 0.317 e. The molecule has 21 heavy (non-hydrogen) atoms. The van der Waals surface area contributed by atoms with Crippen LogP contribution in [0, 0.1) is 11.3 Å². The second-order valence-corrected chi connectivity index (χ2v) is 7.47. The fraction of sp³-hybridized carbons (Fsp3) is 0.833. The predicted octanol–water partition coefficient (Wildman–Crippen LogP) is -0.193. The Balaban J connectivity index is 2.49. The highest BCUT2D eigenvalue weighted by Gasteiger charge is 2.48. The van der Waals surface area contributed by atoms with Crippen LogP contribution in [0.2, 0.25) is 0 Å². The van der Waals surface area contributed by atoms with Crippen molar-refractivity contribution in [1.82, 2.24) is 10.2 Å². The van der Waals surface area contributed by atoms with E-state index in [1.807, 2.05) is 13.8 Å². The second-order valence-electron chi connectivity index (χ2n) is 5.74. The van der Waals surface area contributed by atoms with Crippen LogP contribution in [-0.4, -0.2) is 55.8 Å². The number of nitrogens with zero attached hydrogens (tertiary/aromatic N) is 1. The first-order chi connectivity index (χ1) is 9.58. The first kappa shape index (κ1) is 17.7. The summed E-state index contributed by atoms with van der Waals surface area (Å²) in [6, 6.07) is -0.367. The minimum Gasteiger partial charge on any atom is -0.481 e. The summed E-state index contributed by atoms with van der Waals surface area (Å²) >= 11 is 0. The van der Waals surface area contributed by atoms with Gasteiger partial charge in [0.15, 0.2) is 0 Å². The van der Waals surface area contributed by atoms with Crippen LogP contribution in [0.25, 0.3) is 0 Å². The third-order valence-corrected chi connectivity index (χ3v) is 4.86. The number of carbonyl (C=O) groups excluding carboxylic acids is 1. The largest absolute Gasteiger partial charge is 0.481 e. The summed E-state index contributed by atoms with van der Waals surface area (Å²) in [7, 11) is -3.52. The molecule has 0 aromatic heterocycles. The van der Waals surface area contributed by atoms with Crippen LogP contribution in [0.3, 0.4) is 0 Å². The van der Waals surface area contributed by atoms with Crippen molar-refractivity contribution in [3.63, 3.8) is 0 Å². The molecule has 0 spiro atoms. The SMILES string of the molecule is CC(C)C1(C(=O)O)CCN(C(=O)NCCCS(N)(=O)=O)C1. The fourth-order valence-corrected chi connectivity index (χ4v) is 3.03. The van der Waals surface area contributed by atoms with Crippen molar-refractivity contribution in [3.05, 3.63) is 0 Å². The topological polar surface area (TPSA) is 130 Å². The van der Waals surface area contributed by atoms with Crippen molar-refractivity contribution < 1.29 is 23.1 Å². The Morgan fingerprint density at radius 3 is 2.48 bits per heavy atom. The molecule has 122 valence electrons. The number of urea groups is 1. The van der Waals surface area contributed by atoms with Gasteiger partial charge in [0, 0.05) is 19.6 Å². The van der Waals surface area contributed by atoms with Gasteiger partial charge in [-0.25, -0.2) is 18.4 Å². The number of primary sulfonamides is 1. The van der Waals surface area contributed by atoms with Gasteiger partial charge < -0.3 is 15.3 Å². The van der Waals surface area contributed by atoms with Crippen LogP contribution in [0.5, 0.6) is 0 Å². The van der Waals surface area contributed by atoms with Gasteiger partial charge in [-0.1, -0.05) is 13.8 Å². The Labute approximate surface area is 124 Å². The van der Waals surface area contributed by atoms with Gasteiger partial charge in [0.05, 0.1) is 11.2 Å². The normalized spacial score (nSPS) is 22.6. The number of nitrogens with one attached hydrogen (secondary N) is 1. The highest BCUT2D eigenvalue weighted by molar-refractivity contribution is 7.89. The van der Waals surface area contributed by atoms with Crippen LogP contribution >= 0.6 is 0 Å². The Morgan fingerprint density at radius 2 is 2.05 bits per heavy atom. The van der Waals surface area contributed by atoms with E-state index in [2.05, 4.69) is 5.32 Å². The lowest BCUT2D eigenvalue weighted by atomic mass is 9.76. The molecule has 0 radical (unpaired) electrons. The standard InChI is InChI=1S/C12H23N3O5S/c1-9(2)12(10(16)17)4-6-15(8-12)11(18)14-5-3-7-21(13,19)20/h9H,3-8H2,1-2H3,(H,14,18)(H,16,17)(H2,13,19,20). The lowest BCUT2D eigenvalue weighted by molar-refractivity contribution is -0.150. The number of carbonyl (C=O) groups is 2. The first-order valence-corrected chi connectivity index (χ1v) is 8.57. The average Bonchev–Trinajstić information content (AvgIpc) is 2.79. The maximum Gasteiger partial charge on any atom is 0.317 e. The highest BCUT2D eigenvalue weighted by atomic mass is 32.2. The quantitative estimate of drug-likeness (QED) is 0.584. The summed E-state index contributed by atoms with van der Waals surface area (Å²) in [4.78, 5) is 24.9. The molecule has 0 aromatic rings. The van der Waals surface area contributed by atoms with E-state index in [0.29, 0.717) is 13.0 Å². The van der Waals surface area contributed by atoms with Gasteiger partial charge in [0.1, 0.15) is 0 Å². The van der Waals surface area contributed by atoms with Crippen molar-refractivity contribution in [2.75, 3.05) is 25.4 Å². The fourth-order valence-electron chi connectivity index (χ4n) is 2.48. The molecule has 2 amide bonds. The molecule has 4 N–H and O–H groups in total. The third-order valence-electron chi connectivity index (χ3n) is 4.00. The number of sulfonamides is 1. The van der Waals surface area contributed by atoms with Gasteiger partial charge in [0.2, 0.25) is 10.0 Å². The molecule has 1 saturated heterocycles. The van der Waals surface area contributed by atoms with Crippen LogP contribution in [0.1, 0.15) is 26.7 Å². The van der Waals surface area contributed by atoms with E-state index >= 15 is 0 Å². The number of hydrogen-bond donors (Lipinski definition) is 3. The predicted molar refractivity (Wildman–Crippen MR) is 77.1 cm³/mol. The van der Waals surface area contributed by atoms with E-state index in [1.165, 1.54) is 4.90 Å². The minimum absolute atomic E-state index is 0.0739. The van der Waals surface area contributed by atoms with E-state index in [9.17, 15) is 23.1 Å². The van der Waals surface area contributed by atoms with E-state index < -0.39 is 21.4 Å².